The molecule has 0 N–H and O–H groups in total. The number of benzene rings is 1. The Morgan fingerprint density at radius 3 is 2.48 bits per heavy atom. The first-order valence-electron chi connectivity index (χ1n) is 7.81. The number of carbonyl (C=O) groups excluding carboxylic acids is 1. The van der Waals surface area contributed by atoms with Crippen LogP contribution in [0.4, 0.5) is 0 Å². The minimum Gasteiger partial charge on any atom is -0.497 e. The van der Waals surface area contributed by atoms with Crippen LogP contribution >= 0.6 is 11.8 Å². The number of rotatable bonds is 6. The predicted molar refractivity (Wildman–Crippen MR) is 97.4 cm³/mol. The quantitative estimate of drug-likeness (QED) is 0.446. The first-order chi connectivity index (χ1) is 11.9. The van der Waals surface area contributed by atoms with Gasteiger partial charge in [0.25, 0.3) is 5.56 Å². The molecule has 0 saturated heterocycles. The molecule has 134 valence electrons. The number of esters is 1. The van der Waals surface area contributed by atoms with E-state index < -0.39 is 5.25 Å². The van der Waals surface area contributed by atoms with Crippen LogP contribution in [-0.2, 0) is 23.0 Å². The fraction of sp³-hybridized carbons (Fsp3) is 0.389. The molecule has 2 rings (SSSR count). The minimum atomic E-state index is -0.435. The van der Waals surface area contributed by atoms with E-state index in [2.05, 4.69) is 4.98 Å². The Kier molecular flexibility index (Phi) is 6.25. The summed E-state index contributed by atoms with van der Waals surface area (Å²) >= 11 is 1.21. The first-order valence-corrected chi connectivity index (χ1v) is 8.69. The van der Waals surface area contributed by atoms with Gasteiger partial charge in [-0.1, -0.05) is 23.9 Å². The molecule has 0 amide bonds. The van der Waals surface area contributed by atoms with Crippen molar-refractivity contribution in [3.8, 4) is 5.75 Å². The van der Waals surface area contributed by atoms with E-state index in [1.165, 1.54) is 23.4 Å². The lowest BCUT2D eigenvalue weighted by atomic mass is 10.1. The van der Waals surface area contributed by atoms with Crippen molar-refractivity contribution in [2.24, 2.45) is 7.05 Å². The van der Waals surface area contributed by atoms with Gasteiger partial charge < -0.3 is 9.47 Å². The summed E-state index contributed by atoms with van der Waals surface area (Å²) in [6.07, 6.45) is 0.493. The van der Waals surface area contributed by atoms with E-state index in [4.69, 9.17) is 9.47 Å². The second-order valence-electron chi connectivity index (χ2n) is 5.63. The van der Waals surface area contributed by atoms with Crippen molar-refractivity contribution in [2.45, 2.75) is 30.7 Å². The molecule has 0 aliphatic carbocycles. The van der Waals surface area contributed by atoms with Gasteiger partial charge in [0.1, 0.15) is 11.0 Å². The minimum absolute atomic E-state index is 0.108. The summed E-state index contributed by atoms with van der Waals surface area (Å²) in [6.45, 7) is 3.54. The lowest BCUT2D eigenvalue weighted by molar-refractivity contribution is -0.139. The summed E-state index contributed by atoms with van der Waals surface area (Å²) in [5, 5.41) is 0.0637. The van der Waals surface area contributed by atoms with E-state index >= 15 is 0 Å². The highest BCUT2D eigenvalue weighted by atomic mass is 32.2. The molecule has 0 aliphatic rings. The van der Waals surface area contributed by atoms with Gasteiger partial charge in [0.05, 0.1) is 14.2 Å². The van der Waals surface area contributed by atoms with Crippen LogP contribution in [0, 0.1) is 6.92 Å². The lowest BCUT2D eigenvalue weighted by Gasteiger charge is -2.14. The highest BCUT2D eigenvalue weighted by Crippen LogP contribution is 2.22. The van der Waals surface area contributed by atoms with Gasteiger partial charge in [-0.05, 0) is 31.5 Å². The summed E-state index contributed by atoms with van der Waals surface area (Å²) in [7, 11) is 4.62. The maximum Gasteiger partial charge on any atom is 0.318 e. The number of aryl methyl sites for hydroxylation is 1. The molecule has 0 bridgehead atoms. The third kappa shape index (κ3) is 4.42. The van der Waals surface area contributed by atoms with Crippen LogP contribution in [0.3, 0.4) is 0 Å². The second-order valence-corrected chi connectivity index (χ2v) is 6.94. The maximum atomic E-state index is 12.7. The fourth-order valence-electron chi connectivity index (χ4n) is 2.36. The highest BCUT2D eigenvalue weighted by molar-refractivity contribution is 8.00. The van der Waals surface area contributed by atoms with Crippen LogP contribution in [-0.4, -0.2) is 35.0 Å². The molecule has 0 radical (unpaired) electrons. The van der Waals surface area contributed by atoms with Crippen molar-refractivity contribution in [2.75, 3.05) is 14.2 Å². The van der Waals surface area contributed by atoms with Crippen LogP contribution in [0.2, 0.25) is 0 Å². The SMILES string of the molecule is COC(=O)C(C)Sc1nc(C)c(Cc2ccc(OC)cc2)c(=O)n1C. The van der Waals surface area contributed by atoms with Crippen molar-refractivity contribution < 1.29 is 14.3 Å². The number of nitrogens with zero attached hydrogens (tertiary/aromatic N) is 2. The van der Waals surface area contributed by atoms with Crippen molar-refractivity contribution in [1.29, 1.82) is 0 Å². The van der Waals surface area contributed by atoms with Crippen LogP contribution < -0.4 is 10.3 Å². The summed E-state index contributed by atoms with van der Waals surface area (Å²) in [5.74, 6) is 0.425. The molecule has 1 heterocycles. The van der Waals surface area contributed by atoms with Gasteiger partial charge in [-0.15, -0.1) is 0 Å². The van der Waals surface area contributed by atoms with Gasteiger partial charge >= 0.3 is 5.97 Å². The number of hydrogen-bond donors (Lipinski definition) is 0. The maximum absolute atomic E-state index is 12.7. The van der Waals surface area contributed by atoms with E-state index in [0.717, 1.165) is 11.3 Å². The molecule has 1 aromatic carbocycles. The van der Waals surface area contributed by atoms with Crippen LogP contribution in [0.25, 0.3) is 0 Å². The summed E-state index contributed by atoms with van der Waals surface area (Å²) in [4.78, 5) is 28.8. The Balaban J connectivity index is 2.30. The average molecular weight is 362 g/mol. The van der Waals surface area contributed by atoms with Gasteiger partial charge in [-0.25, -0.2) is 4.98 Å². The molecule has 0 aliphatic heterocycles. The van der Waals surface area contributed by atoms with Gasteiger partial charge in [0, 0.05) is 24.7 Å². The molecule has 25 heavy (non-hydrogen) atoms. The Bertz CT molecular complexity index is 815. The number of aromatic nitrogens is 2. The predicted octanol–water partition coefficient (Wildman–Crippen LogP) is 2.34. The smallest absolute Gasteiger partial charge is 0.318 e. The van der Waals surface area contributed by atoms with Crippen LogP contribution in [0.15, 0.2) is 34.2 Å². The molecular weight excluding hydrogens is 340 g/mol. The molecule has 0 spiro atoms. The standard InChI is InChI=1S/C18H22N2O4S/c1-11-15(10-13-6-8-14(23-4)9-7-13)16(21)20(3)18(19-11)25-12(2)17(22)24-5/h6-9,12H,10H2,1-5H3. The zero-order chi connectivity index (χ0) is 18.6. The third-order valence-electron chi connectivity index (χ3n) is 3.91. The Morgan fingerprint density at radius 1 is 1.28 bits per heavy atom. The topological polar surface area (TPSA) is 70.4 Å². The Morgan fingerprint density at radius 2 is 1.92 bits per heavy atom. The molecule has 7 heteroatoms. The fourth-order valence-corrected chi connectivity index (χ4v) is 3.30. The zero-order valence-electron chi connectivity index (χ0n) is 15.0. The lowest BCUT2D eigenvalue weighted by Crippen LogP contribution is -2.27. The molecule has 1 unspecified atom stereocenters. The summed E-state index contributed by atoms with van der Waals surface area (Å²) in [5.41, 5.74) is 2.20. The van der Waals surface area contributed by atoms with Gasteiger partial charge in [0.15, 0.2) is 5.16 Å². The Labute approximate surface area is 151 Å². The normalized spacial score (nSPS) is 11.9. The third-order valence-corrected chi connectivity index (χ3v) is 5.03. The van der Waals surface area contributed by atoms with E-state index in [1.54, 1.807) is 21.1 Å². The summed E-state index contributed by atoms with van der Waals surface area (Å²) < 4.78 is 11.4. The summed E-state index contributed by atoms with van der Waals surface area (Å²) in [6, 6.07) is 7.59. The molecule has 2 aromatic rings. The molecular formula is C18H22N2O4S. The van der Waals surface area contributed by atoms with Crippen molar-refractivity contribution in [1.82, 2.24) is 9.55 Å². The van der Waals surface area contributed by atoms with Gasteiger partial charge in [0.2, 0.25) is 0 Å². The highest BCUT2D eigenvalue weighted by Gasteiger charge is 2.19. The zero-order valence-corrected chi connectivity index (χ0v) is 15.8. The number of hydrogen-bond acceptors (Lipinski definition) is 6. The first kappa shape index (κ1) is 19.1. The van der Waals surface area contributed by atoms with Gasteiger partial charge in [-0.2, -0.15) is 0 Å². The van der Waals surface area contributed by atoms with E-state index in [-0.39, 0.29) is 11.5 Å². The van der Waals surface area contributed by atoms with Crippen LogP contribution in [0.1, 0.15) is 23.7 Å². The molecule has 1 aromatic heterocycles. The van der Waals surface area contributed by atoms with E-state index in [1.807, 2.05) is 31.2 Å². The number of thioether (sulfide) groups is 1. The van der Waals surface area contributed by atoms with E-state index in [9.17, 15) is 9.59 Å². The van der Waals surface area contributed by atoms with Gasteiger partial charge in [-0.3, -0.25) is 14.2 Å². The average Bonchev–Trinajstić information content (AvgIpc) is 2.62. The van der Waals surface area contributed by atoms with Crippen molar-refractivity contribution >= 4 is 17.7 Å². The molecule has 1 atom stereocenters. The number of methoxy groups -OCH3 is 2. The molecule has 0 fully saturated rings. The number of carbonyl (C=O) groups is 1. The van der Waals surface area contributed by atoms with Crippen LogP contribution in [0.5, 0.6) is 5.75 Å². The largest absolute Gasteiger partial charge is 0.497 e. The van der Waals surface area contributed by atoms with Crippen molar-refractivity contribution in [3.63, 3.8) is 0 Å². The van der Waals surface area contributed by atoms with Crippen molar-refractivity contribution in [3.05, 3.63) is 51.4 Å². The monoisotopic (exact) mass is 362 g/mol. The van der Waals surface area contributed by atoms with E-state index in [0.29, 0.717) is 22.8 Å². The number of ether oxygens (including phenoxy) is 2. The molecule has 6 nitrogen and oxygen atoms in total. The second kappa shape index (κ2) is 8.20. The molecule has 0 saturated carbocycles. The Hall–Kier alpha value is -2.28.